The van der Waals surface area contributed by atoms with E-state index in [9.17, 15) is 14.7 Å². The number of carboxylic acid groups (broad SMARTS) is 1. The van der Waals surface area contributed by atoms with Crippen LogP contribution in [0.15, 0.2) is 5.03 Å². The highest BCUT2D eigenvalue weighted by Gasteiger charge is 2.21. The van der Waals surface area contributed by atoms with Crippen molar-refractivity contribution in [1.82, 2.24) is 9.69 Å². The maximum absolute atomic E-state index is 11.6. The summed E-state index contributed by atoms with van der Waals surface area (Å²) in [5.74, 6) is -0.221. The average molecular weight is 345 g/mol. The molecule has 0 saturated heterocycles. The highest BCUT2D eigenvalue weighted by atomic mass is 32.2. The number of carboxylic acids is 1. The van der Waals surface area contributed by atoms with E-state index in [0.29, 0.717) is 11.6 Å². The van der Waals surface area contributed by atoms with Crippen LogP contribution < -0.4 is 10.6 Å². The van der Waals surface area contributed by atoms with Gasteiger partial charge in [-0.1, -0.05) is 33.1 Å². The lowest BCUT2D eigenvalue weighted by Gasteiger charge is -2.05. The Morgan fingerprint density at radius 3 is 2.64 bits per heavy atom. The number of unbranched alkanes of at least 4 members (excludes halogenated alkanes) is 3. The number of aromatic carboxylic acids is 1. The van der Waals surface area contributed by atoms with Gasteiger partial charge in [0.25, 0.3) is 0 Å². The second-order valence-electron chi connectivity index (χ2n) is 4.79. The molecule has 0 aliphatic rings. The maximum Gasteiger partial charge on any atom is 0.341 e. The van der Waals surface area contributed by atoms with E-state index < -0.39 is 12.0 Å². The molecule has 1 heterocycles. The molecular weight excluding hydrogens is 322 g/mol. The number of amides is 2. The summed E-state index contributed by atoms with van der Waals surface area (Å²) in [7, 11) is 0. The minimum absolute atomic E-state index is 0.0946. The van der Waals surface area contributed by atoms with E-state index in [1.54, 1.807) is 0 Å². The Balaban J connectivity index is 2.63. The summed E-state index contributed by atoms with van der Waals surface area (Å²) in [6.07, 6.45) is 5.35. The second kappa shape index (κ2) is 10.4. The van der Waals surface area contributed by atoms with Gasteiger partial charge in [-0.05, 0) is 30.1 Å². The Kier molecular flexibility index (Phi) is 8.91. The number of thioether (sulfide) groups is 1. The number of carbonyl (C=O) groups is 2. The molecule has 3 N–H and O–H groups in total. The largest absolute Gasteiger partial charge is 0.477 e. The summed E-state index contributed by atoms with van der Waals surface area (Å²) in [4.78, 5) is 23.1. The van der Waals surface area contributed by atoms with Crippen molar-refractivity contribution in [2.75, 3.05) is 17.6 Å². The van der Waals surface area contributed by atoms with Gasteiger partial charge in [0.1, 0.15) is 15.6 Å². The van der Waals surface area contributed by atoms with Gasteiger partial charge in [0.2, 0.25) is 0 Å². The van der Waals surface area contributed by atoms with E-state index in [0.717, 1.165) is 36.5 Å². The summed E-state index contributed by atoms with van der Waals surface area (Å²) in [5, 5.41) is 15.3. The minimum Gasteiger partial charge on any atom is -0.477 e. The van der Waals surface area contributed by atoms with Crippen molar-refractivity contribution < 1.29 is 14.7 Å². The number of aromatic nitrogens is 1. The van der Waals surface area contributed by atoms with Gasteiger partial charge >= 0.3 is 12.0 Å². The molecule has 1 aromatic rings. The van der Waals surface area contributed by atoms with Crippen LogP contribution in [0.25, 0.3) is 0 Å². The normalized spacial score (nSPS) is 10.5. The van der Waals surface area contributed by atoms with Crippen molar-refractivity contribution in [3.63, 3.8) is 0 Å². The highest BCUT2D eigenvalue weighted by Crippen LogP contribution is 2.32. The third-order valence-electron chi connectivity index (χ3n) is 2.87. The molecule has 8 heteroatoms. The summed E-state index contributed by atoms with van der Waals surface area (Å²) < 4.78 is 4.17. The van der Waals surface area contributed by atoms with Crippen LogP contribution in [0.5, 0.6) is 0 Å². The van der Waals surface area contributed by atoms with E-state index in [4.69, 9.17) is 0 Å². The van der Waals surface area contributed by atoms with Crippen molar-refractivity contribution in [2.24, 2.45) is 0 Å². The van der Waals surface area contributed by atoms with Gasteiger partial charge in [0, 0.05) is 6.54 Å². The highest BCUT2D eigenvalue weighted by molar-refractivity contribution is 7.99. The van der Waals surface area contributed by atoms with Crippen LogP contribution in [0.3, 0.4) is 0 Å². The number of nitrogens with one attached hydrogen (secondary N) is 2. The van der Waals surface area contributed by atoms with Crippen LogP contribution in [-0.4, -0.2) is 33.8 Å². The quantitative estimate of drug-likeness (QED) is 0.439. The lowest BCUT2D eigenvalue weighted by atomic mass is 10.2. The van der Waals surface area contributed by atoms with Gasteiger partial charge < -0.3 is 10.4 Å². The van der Waals surface area contributed by atoms with E-state index >= 15 is 0 Å². The Morgan fingerprint density at radius 2 is 2.00 bits per heavy atom. The Bertz CT molecular complexity index is 492. The molecule has 22 heavy (non-hydrogen) atoms. The SMILES string of the molecule is CCCCCCSc1nsc(NC(=O)NCCC)c1C(=O)O. The average Bonchev–Trinajstić information content (AvgIpc) is 2.87. The molecule has 0 unspecified atom stereocenters. The molecule has 0 aromatic carbocycles. The summed E-state index contributed by atoms with van der Waals surface area (Å²) in [5.41, 5.74) is 0.0946. The number of hydrogen-bond donors (Lipinski definition) is 3. The van der Waals surface area contributed by atoms with Gasteiger partial charge in [0.05, 0.1) is 0 Å². The summed E-state index contributed by atoms with van der Waals surface area (Å²) in [6.45, 7) is 4.65. The van der Waals surface area contributed by atoms with Crippen molar-refractivity contribution >= 4 is 40.3 Å². The van der Waals surface area contributed by atoms with Crippen molar-refractivity contribution in [2.45, 2.75) is 51.0 Å². The zero-order chi connectivity index (χ0) is 16.4. The summed E-state index contributed by atoms with van der Waals surface area (Å²) in [6, 6.07) is -0.396. The van der Waals surface area contributed by atoms with Gasteiger partial charge in [-0.15, -0.1) is 11.8 Å². The zero-order valence-corrected chi connectivity index (χ0v) is 14.6. The van der Waals surface area contributed by atoms with Crippen LogP contribution in [0, 0.1) is 0 Å². The number of rotatable bonds is 10. The number of urea groups is 1. The maximum atomic E-state index is 11.6. The minimum atomic E-state index is -1.06. The molecule has 0 fully saturated rings. The van der Waals surface area contributed by atoms with Gasteiger partial charge in [-0.25, -0.2) is 9.59 Å². The predicted octanol–water partition coefficient (Wildman–Crippen LogP) is 4.05. The molecule has 0 aliphatic carbocycles. The lowest BCUT2D eigenvalue weighted by Crippen LogP contribution is -2.29. The number of nitrogens with zero attached hydrogens (tertiary/aromatic N) is 1. The Hall–Kier alpha value is -1.28. The third-order valence-corrected chi connectivity index (χ3v) is 4.81. The van der Waals surface area contributed by atoms with Crippen molar-refractivity contribution in [1.29, 1.82) is 0 Å². The monoisotopic (exact) mass is 345 g/mol. The van der Waals surface area contributed by atoms with E-state index in [1.807, 2.05) is 6.92 Å². The lowest BCUT2D eigenvalue weighted by molar-refractivity contribution is 0.0694. The first kappa shape index (κ1) is 18.8. The van der Waals surface area contributed by atoms with Crippen molar-refractivity contribution in [3.05, 3.63) is 5.56 Å². The van der Waals surface area contributed by atoms with Crippen LogP contribution in [0.2, 0.25) is 0 Å². The molecule has 0 aliphatic heterocycles. The van der Waals surface area contributed by atoms with Crippen LogP contribution in [0.4, 0.5) is 9.80 Å². The molecule has 124 valence electrons. The summed E-state index contributed by atoms with van der Waals surface area (Å²) >= 11 is 2.45. The molecule has 0 bridgehead atoms. The second-order valence-corrected chi connectivity index (χ2v) is 6.64. The van der Waals surface area contributed by atoms with Crippen LogP contribution >= 0.6 is 23.3 Å². The molecule has 6 nitrogen and oxygen atoms in total. The molecule has 1 rings (SSSR count). The fourth-order valence-corrected chi connectivity index (χ4v) is 3.67. The standard InChI is InChI=1S/C14H23N3O3S2/c1-3-5-6-7-9-21-12-10(13(18)19)11(22-17-12)16-14(20)15-8-4-2/h3-9H2,1-2H3,(H,18,19)(H2,15,16,20). The fraction of sp³-hybridized carbons (Fsp3) is 0.643. The number of hydrogen-bond acceptors (Lipinski definition) is 5. The Labute approximate surface area is 139 Å². The molecule has 0 spiro atoms. The molecule has 1 aromatic heterocycles. The van der Waals surface area contributed by atoms with Gasteiger partial charge in [-0.3, -0.25) is 5.32 Å². The molecule has 2 amide bonds. The molecule has 0 radical (unpaired) electrons. The Morgan fingerprint density at radius 1 is 1.23 bits per heavy atom. The first-order chi connectivity index (χ1) is 10.6. The van der Waals surface area contributed by atoms with Crippen molar-refractivity contribution in [3.8, 4) is 0 Å². The first-order valence-electron chi connectivity index (χ1n) is 7.50. The van der Waals surface area contributed by atoms with E-state index in [1.165, 1.54) is 24.6 Å². The van der Waals surface area contributed by atoms with Gasteiger partial charge in [-0.2, -0.15) is 4.37 Å². The third kappa shape index (κ3) is 6.23. The van der Waals surface area contributed by atoms with Crippen LogP contribution in [-0.2, 0) is 0 Å². The van der Waals surface area contributed by atoms with Gasteiger partial charge in [0.15, 0.2) is 0 Å². The topological polar surface area (TPSA) is 91.3 Å². The van der Waals surface area contributed by atoms with Crippen LogP contribution in [0.1, 0.15) is 56.3 Å². The molecule has 0 atom stereocenters. The smallest absolute Gasteiger partial charge is 0.341 e. The van der Waals surface area contributed by atoms with E-state index in [2.05, 4.69) is 21.9 Å². The number of anilines is 1. The predicted molar refractivity (Wildman–Crippen MR) is 91.3 cm³/mol. The first-order valence-corrected chi connectivity index (χ1v) is 9.26. The molecule has 0 saturated carbocycles. The zero-order valence-electron chi connectivity index (χ0n) is 13.0. The molecular formula is C14H23N3O3S2. The number of carbonyl (C=O) groups excluding carboxylic acids is 1. The fourth-order valence-electron chi connectivity index (χ4n) is 1.73. The van der Waals surface area contributed by atoms with E-state index in [-0.39, 0.29) is 10.6 Å².